The van der Waals surface area contributed by atoms with Crippen molar-refractivity contribution in [2.24, 2.45) is 7.05 Å². The molecule has 3 amide bonds. The molecule has 0 atom stereocenters. The fraction of sp³-hybridized carbons (Fsp3) is 0.143. The zero-order valence-electron chi connectivity index (χ0n) is 14.7. The third-order valence-corrected chi connectivity index (χ3v) is 4.61. The van der Waals surface area contributed by atoms with Crippen LogP contribution in [0.1, 0.15) is 16.7 Å². The molecular formula is C21H19N3O2. The second-order valence-corrected chi connectivity index (χ2v) is 6.58. The van der Waals surface area contributed by atoms with E-state index in [4.69, 9.17) is 0 Å². The summed E-state index contributed by atoms with van der Waals surface area (Å²) in [7, 11) is 1.96. The highest BCUT2D eigenvalue weighted by Gasteiger charge is 2.33. The van der Waals surface area contributed by atoms with Crippen LogP contribution in [0.2, 0.25) is 0 Å². The van der Waals surface area contributed by atoms with E-state index in [9.17, 15) is 9.59 Å². The second-order valence-electron chi connectivity index (χ2n) is 6.58. The molecule has 2 heterocycles. The predicted octanol–water partition coefficient (Wildman–Crippen LogP) is 3.58. The van der Waals surface area contributed by atoms with Crippen LogP contribution in [0.4, 0.5) is 4.79 Å². The zero-order valence-corrected chi connectivity index (χ0v) is 14.7. The van der Waals surface area contributed by atoms with Crippen LogP contribution in [0.25, 0.3) is 17.0 Å². The van der Waals surface area contributed by atoms with Crippen LogP contribution in [-0.4, -0.2) is 21.4 Å². The largest absolute Gasteiger partial charge is 0.350 e. The average molecular weight is 345 g/mol. The molecule has 1 fully saturated rings. The maximum absolute atomic E-state index is 12.7. The van der Waals surface area contributed by atoms with Crippen molar-refractivity contribution in [1.82, 2.24) is 14.8 Å². The van der Waals surface area contributed by atoms with Gasteiger partial charge in [0, 0.05) is 29.7 Å². The van der Waals surface area contributed by atoms with E-state index >= 15 is 0 Å². The lowest BCUT2D eigenvalue weighted by atomic mass is 10.1. The molecule has 1 saturated heterocycles. The number of imide groups is 1. The molecule has 0 aliphatic carbocycles. The normalized spacial score (nSPS) is 15.9. The smallest absolute Gasteiger partial charge is 0.329 e. The molecule has 0 saturated carbocycles. The Morgan fingerprint density at radius 2 is 1.88 bits per heavy atom. The van der Waals surface area contributed by atoms with Gasteiger partial charge in [0.15, 0.2) is 0 Å². The molecule has 0 bridgehead atoms. The van der Waals surface area contributed by atoms with Gasteiger partial charge in [0.2, 0.25) is 0 Å². The first-order chi connectivity index (χ1) is 12.5. The number of hydrogen-bond acceptors (Lipinski definition) is 2. The summed E-state index contributed by atoms with van der Waals surface area (Å²) in [6.45, 7) is 2.25. The Labute approximate surface area is 151 Å². The summed E-state index contributed by atoms with van der Waals surface area (Å²) in [5.74, 6) is -0.301. The second kappa shape index (κ2) is 6.19. The van der Waals surface area contributed by atoms with Crippen molar-refractivity contribution >= 4 is 28.9 Å². The molecule has 2 aromatic carbocycles. The quantitative estimate of drug-likeness (QED) is 0.583. The Bertz CT molecular complexity index is 1060. The SMILES string of the molecule is Cc1cccc(CN2C(=O)N/C(=C/c3cn(C)c4ccccc34)C2=O)c1. The van der Waals surface area contributed by atoms with Crippen LogP contribution in [0.3, 0.4) is 0 Å². The van der Waals surface area contributed by atoms with E-state index in [-0.39, 0.29) is 18.5 Å². The molecular weight excluding hydrogens is 326 g/mol. The van der Waals surface area contributed by atoms with Crippen molar-refractivity contribution in [1.29, 1.82) is 0 Å². The monoisotopic (exact) mass is 345 g/mol. The first-order valence-corrected chi connectivity index (χ1v) is 8.47. The van der Waals surface area contributed by atoms with Crippen LogP contribution < -0.4 is 5.32 Å². The zero-order chi connectivity index (χ0) is 18.3. The molecule has 0 unspecified atom stereocenters. The fourth-order valence-electron chi connectivity index (χ4n) is 3.35. The molecule has 5 nitrogen and oxygen atoms in total. The number of fused-ring (bicyclic) bond motifs is 1. The van der Waals surface area contributed by atoms with E-state index < -0.39 is 0 Å². The van der Waals surface area contributed by atoms with Gasteiger partial charge in [0.05, 0.1) is 6.54 Å². The van der Waals surface area contributed by atoms with Crippen molar-refractivity contribution in [3.63, 3.8) is 0 Å². The van der Waals surface area contributed by atoms with E-state index in [0.717, 1.165) is 27.6 Å². The maximum Gasteiger partial charge on any atom is 0.329 e. The van der Waals surface area contributed by atoms with Gasteiger partial charge in [-0.25, -0.2) is 4.79 Å². The maximum atomic E-state index is 12.7. The number of rotatable bonds is 3. The van der Waals surface area contributed by atoms with E-state index in [1.807, 2.05) is 73.3 Å². The average Bonchev–Trinajstić information content (AvgIpc) is 3.07. The van der Waals surface area contributed by atoms with E-state index in [2.05, 4.69) is 5.32 Å². The van der Waals surface area contributed by atoms with Gasteiger partial charge in [-0.3, -0.25) is 9.69 Å². The van der Waals surface area contributed by atoms with Crippen LogP contribution in [0.15, 0.2) is 60.4 Å². The van der Waals surface area contributed by atoms with Crippen LogP contribution in [0.5, 0.6) is 0 Å². The summed E-state index contributed by atoms with van der Waals surface area (Å²) in [4.78, 5) is 26.3. The minimum Gasteiger partial charge on any atom is -0.350 e. The van der Waals surface area contributed by atoms with E-state index in [1.165, 1.54) is 4.90 Å². The molecule has 1 aliphatic rings. The number of aromatic nitrogens is 1. The van der Waals surface area contributed by atoms with E-state index in [0.29, 0.717) is 5.70 Å². The van der Waals surface area contributed by atoms with Crippen LogP contribution in [-0.2, 0) is 18.4 Å². The topological polar surface area (TPSA) is 54.3 Å². The van der Waals surface area contributed by atoms with Crippen LogP contribution >= 0.6 is 0 Å². The Balaban J connectivity index is 1.65. The van der Waals surface area contributed by atoms with Crippen molar-refractivity contribution < 1.29 is 9.59 Å². The molecule has 1 aliphatic heterocycles. The molecule has 4 rings (SSSR count). The highest BCUT2D eigenvalue weighted by Crippen LogP contribution is 2.24. The van der Waals surface area contributed by atoms with Crippen molar-refractivity contribution in [3.05, 3.63) is 77.1 Å². The van der Waals surface area contributed by atoms with Crippen molar-refractivity contribution in [3.8, 4) is 0 Å². The standard InChI is InChI=1S/C21H19N3O2/c1-14-6-5-7-15(10-14)12-24-20(25)18(22-21(24)26)11-16-13-23(2)19-9-4-3-8-17(16)19/h3-11,13H,12H2,1-2H3,(H,22,26)/b18-11+. The minimum absolute atomic E-state index is 0.263. The number of hydrogen-bond donors (Lipinski definition) is 1. The summed E-state index contributed by atoms with van der Waals surface area (Å²) in [5, 5.41) is 3.74. The summed E-state index contributed by atoms with van der Waals surface area (Å²) in [5.41, 5.74) is 4.32. The molecule has 3 aromatic rings. The third-order valence-electron chi connectivity index (χ3n) is 4.61. The minimum atomic E-state index is -0.386. The van der Waals surface area contributed by atoms with Gasteiger partial charge >= 0.3 is 6.03 Å². The van der Waals surface area contributed by atoms with Crippen LogP contribution in [0, 0.1) is 6.92 Å². The number of nitrogens with zero attached hydrogens (tertiary/aromatic N) is 2. The molecule has 1 aromatic heterocycles. The number of carbonyl (C=O) groups excluding carboxylic acids is 2. The highest BCUT2D eigenvalue weighted by atomic mass is 16.2. The molecule has 130 valence electrons. The summed E-state index contributed by atoms with van der Waals surface area (Å²) >= 11 is 0. The Morgan fingerprint density at radius 3 is 2.69 bits per heavy atom. The highest BCUT2D eigenvalue weighted by molar-refractivity contribution is 6.14. The van der Waals surface area contributed by atoms with Gasteiger partial charge < -0.3 is 9.88 Å². The number of carbonyl (C=O) groups is 2. The fourth-order valence-corrected chi connectivity index (χ4v) is 3.35. The number of aryl methyl sites for hydroxylation is 2. The van der Waals surface area contributed by atoms with Gasteiger partial charge in [-0.05, 0) is 24.6 Å². The number of amides is 3. The Hall–Kier alpha value is -3.34. The first-order valence-electron chi connectivity index (χ1n) is 8.47. The summed E-state index contributed by atoms with van der Waals surface area (Å²) in [6, 6.07) is 15.4. The number of urea groups is 1. The number of benzene rings is 2. The van der Waals surface area contributed by atoms with Crippen molar-refractivity contribution in [2.45, 2.75) is 13.5 Å². The van der Waals surface area contributed by atoms with E-state index in [1.54, 1.807) is 6.08 Å². The molecule has 5 heteroatoms. The van der Waals surface area contributed by atoms with Gasteiger partial charge in [-0.1, -0.05) is 48.0 Å². The lowest BCUT2D eigenvalue weighted by Crippen LogP contribution is -2.30. The van der Waals surface area contributed by atoms with Crippen molar-refractivity contribution in [2.75, 3.05) is 0 Å². The van der Waals surface area contributed by atoms with Gasteiger partial charge in [0.25, 0.3) is 5.91 Å². The lowest BCUT2D eigenvalue weighted by molar-refractivity contribution is -0.123. The third kappa shape index (κ3) is 2.77. The van der Waals surface area contributed by atoms with Gasteiger partial charge in [-0.2, -0.15) is 0 Å². The number of para-hydroxylation sites is 1. The first kappa shape index (κ1) is 16.1. The molecule has 1 N–H and O–H groups in total. The molecule has 0 radical (unpaired) electrons. The molecule has 0 spiro atoms. The Kier molecular flexibility index (Phi) is 3.84. The predicted molar refractivity (Wildman–Crippen MR) is 101 cm³/mol. The van der Waals surface area contributed by atoms with Gasteiger partial charge in [0.1, 0.15) is 5.70 Å². The molecule has 26 heavy (non-hydrogen) atoms. The Morgan fingerprint density at radius 1 is 1.08 bits per heavy atom. The van der Waals surface area contributed by atoms with Gasteiger partial charge in [-0.15, -0.1) is 0 Å². The summed E-state index contributed by atoms with van der Waals surface area (Å²) < 4.78 is 2.01. The number of nitrogens with one attached hydrogen (secondary N) is 1. The summed E-state index contributed by atoms with van der Waals surface area (Å²) in [6.07, 6.45) is 3.71. The lowest BCUT2D eigenvalue weighted by Gasteiger charge is -2.12.